The SMILES string of the molecule is CC(C)n1ncc(Cl)c1CCC(=O)O. The number of carboxylic acid groups (broad SMARTS) is 1. The molecule has 0 radical (unpaired) electrons. The van der Waals surface area contributed by atoms with Crippen LogP contribution in [0.4, 0.5) is 0 Å². The van der Waals surface area contributed by atoms with Crippen LogP contribution in [-0.4, -0.2) is 20.9 Å². The fraction of sp³-hybridized carbons (Fsp3) is 0.556. The second-order valence-corrected chi connectivity index (χ2v) is 3.78. The van der Waals surface area contributed by atoms with E-state index >= 15 is 0 Å². The van der Waals surface area contributed by atoms with Gasteiger partial charge in [0.05, 0.1) is 23.3 Å². The van der Waals surface area contributed by atoms with Gasteiger partial charge in [-0.05, 0) is 13.8 Å². The number of nitrogens with zero attached hydrogens (tertiary/aromatic N) is 2. The molecule has 0 amide bonds. The minimum Gasteiger partial charge on any atom is -0.481 e. The lowest BCUT2D eigenvalue weighted by Gasteiger charge is -2.10. The van der Waals surface area contributed by atoms with Crippen molar-refractivity contribution in [1.82, 2.24) is 9.78 Å². The van der Waals surface area contributed by atoms with Crippen molar-refractivity contribution in [1.29, 1.82) is 0 Å². The number of aliphatic carboxylic acids is 1. The van der Waals surface area contributed by atoms with E-state index < -0.39 is 5.97 Å². The van der Waals surface area contributed by atoms with Crippen LogP contribution in [0.5, 0.6) is 0 Å². The quantitative estimate of drug-likeness (QED) is 0.839. The first-order valence-electron chi connectivity index (χ1n) is 4.46. The monoisotopic (exact) mass is 216 g/mol. The first-order chi connectivity index (χ1) is 6.52. The number of carbonyl (C=O) groups is 1. The highest BCUT2D eigenvalue weighted by atomic mass is 35.5. The van der Waals surface area contributed by atoms with Gasteiger partial charge in [-0.3, -0.25) is 9.48 Å². The zero-order chi connectivity index (χ0) is 10.7. The lowest BCUT2D eigenvalue weighted by molar-refractivity contribution is -0.136. The van der Waals surface area contributed by atoms with Gasteiger partial charge in [-0.15, -0.1) is 0 Å². The number of hydrogen-bond donors (Lipinski definition) is 1. The van der Waals surface area contributed by atoms with Crippen molar-refractivity contribution < 1.29 is 9.90 Å². The van der Waals surface area contributed by atoms with Crippen LogP contribution in [0.15, 0.2) is 6.20 Å². The van der Waals surface area contributed by atoms with Gasteiger partial charge in [-0.1, -0.05) is 11.6 Å². The van der Waals surface area contributed by atoms with Gasteiger partial charge in [0.25, 0.3) is 0 Å². The summed E-state index contributed by atoms with van der Waals surface area (Å²) in [6, 6.07) is 0.200. The van der Waals surface area contributed by atoms with Crippen molar-refractivity contribution in [2.45, 2.75) is 32.7 Å². The van der Waals surface area contributed by atoms with Gasteiger partial charge in [0, 0.05) is 12.5 Å². The third-order valence-electron chi connectivity index (χ3n) is 1.91. The van der Waals surface area contributed by atoms with Crippen LogP contribution in [0.1, 0.15) is 32.0 Å². The molecule has 0 aliphatic carbocycles. The Balaban J connectivity index is 2.82. The molecule has 1 N–H and O–H groups in total. The van der Waals surface area contributed by atoms with E-state index in [1.807, 2.05) is 13.8 Å². The average Bonchev–Trinajstić information content (AvgIpc) is 2.43. The molecule has 0 spiro atoms. The van der Waals surface area contributed by atoms with Gasteiger partial charge in [0.15, 0.2) is 0 Å². The number of halogens is 1. The summed E-state index contributed by atoms with van der Waals surface area (Å²) in [6.45, 7) is 3.96. The summed E-state index contributed by atoms with van der Waals surface area (Å²) in [7, 11) is 0. The minimum atomic E-state index is -0.822. The van der Waals surface area contributed by atoms with Crippen molar-refractivity contribution in [2.75, 3.05) is 0 Å². The Morgan fingerprint density at radius 3 is 2.86 bits per heavy atom. The molecular weight excluding hydrogens is 204 g/mol. The molecule has 0 bridgehead atoms. The third kappa shape index (κ3) is 2.48. The first kappa shape index (κ1) is 11.0. The number of hydrogen-bond acceptors (Lipinski definition) is 2. The van der Waals surface area contributed by atoms with E-state index in [0.29, 0.717) is 11.4 Å². The van der Waals surface area contributed by atoms with Crippen LogP contribution in [0.2, 0.25) is 5.02 Å². The second-order valence-electron chi connectivity index (χ2n) is 3.37. The minimum absolute atomic E-state index is 0.0815. The fourth-order valence-corrected chi connectivity index (χ4v) is 1.50. The van der Waals surface area contributed by atoms with Crippen LogP contribution in [0.3, 0.4) is 0 Å². The Labute approximate surface area is 87.5 Å². The predicted octanol–water partition coefficient (Wildman–Crippen LogP) is 2.13. The lowest BCUT2D eigenvalue weighted by Crippen LogP contribution is -2.09. The molecular formula is C9H13ClN2O2. The Bertz CT molecular complexity index is 334. The van der Waals surface area contributed by atoms with E-state index in [0.717, 1.165) is 5.69 Å². The lowest BCUT2D eigenvalue weighted by atomic mass is 10.2. The maximum Gasteiger partial charge on any atom is 0.303 e. The van der Waals surface area contributed by atoms with E-state index in [-0.39, 0.29) is 12.5 Å². The van der Waals surface area contributed by atoms with Gasteiger partial charge in [0.1, 0.15) is 0 Å². The van der Waals surface area contributed by atoms with Crippen molar-refractivity contribution in [3.63, 3.8) is 0 Å². The normalized spacial score (nSPS) is 10.9. The van der Waals surface area contributed by atoms with E-state index in [2.05, 4.69) is 5.10 Å². The van der Waals surface area contributed by atoms with E-state index in [1.165, 1.54) is 0 Å². The van der Waals surface area contributed by atoms with Gasteiger partial charge < -0.3 is 5.11 Å². The van der Waals surface area contributed by atoms with E-state index in [9.17, 15) is 4.79 Å². The summed E-state index contributed by atoms with van der Waals surface area (Å²) in [5, 5.41) is 13.2. The summed E-state index contributed by atoms with van der Waals surface area (Å²) < 4.78 is 1.76. The Kier molecular flexibility index (Phi) is 3.52. The third-order valence-corrected chi connectivity index (χ3v) is 2.23. The Morgan fingerprint density at radius 1 is 1.71 bits per heavy atom. The highest BCUT2D eigenvalue weighted by Crippen LogP contribution is 2.20. The van der Waals surface area contributed by atoms with Crippen LogP contribution in [0, 0.1) is 0 Å². The molecule has 1 aromatic heterocycles. The van der Waals surface area contributed by atoms with Crippen LogP contribution >= 0.6 is 11.6 Å². The van der Waals surface area contributed by atoms with Gasteiger partial charge in [0.2, 0.25) is 0 Å². The molecule has 0 aliphatic heterocycles. The zero-order valence-electron chi connectivity index (χ0n) is 8.20. The van der Waals surface area contributed by atoms with Gasteiger partial charge in [-0.25, -0.2) is 0 Å². The standard InChI is InChI=1S/C9H13ClN2O2/c1-6(2)12-8(3-4-9(13)14)7(10)5-11-12/h5-6H,3-4H2,1-2H3,(H,13,14). The van der Waals surface area contributed by atoms with Crippen molar-refractivity contribution in [3.8, 4) is 0 Å². The maximum absolute atomic E-state index is 10.4. The van der Waals surface area contributed by atoms with E-state index in [1.54, 1.807) is 10.9 Å². The van der Waals surface area contributed by atoms with Gasteiger partial charge in [-0.2, -0.15) is 5.10 Å². The summed E-state index contributed by atoms with van der Waals surface area (Å²) in [4.78, 5) is 10.4. The number of rotatable bonds is 4. The van der Waals surface area contributed by atoms with Crippen molar-refractivity contribution >= 4 is 17.6 Å². The molecule has 78 valence electrons. The fourth-order valence-electron chi connectivity index (χ4n) is 1.27. The smallest absolute Gasteiger partial charge is 0.303 e. The van der Waals surface area contributed by atoms with Crippen LogP contribution in [-0.2, 0) is 11.2 Å². The molecule has 0 saturated carbocycles. The summed E-state index contributed by atoms with van der Waals surface area (Å²) >= 11 is 5.90. The van der Waals surface area contributed by atoms with E-state index in [4.69, 9.17) is 16.7 Å². The molecule has 0 saturated heterocycles. The zero-order valence-corrected chi connectivity index (χ0v) is 8.95. The molecule has 0 atom stereocenters. The average molecular weight is 217 g/mol. The second kappa shape index (κ2) is 4.46. The molecule has 4 nitrogen and oxygen atoms in total. The highest BCUT2D eigenvalue weighted by molar-refractivity contribution is 6.31. The largest absolute Gasteiger partial charge is 0.481 e. The molecule has 0 aromatic carbocycles. The van der Waals surface area contributed by atoms with Crippen LogP contribution in [0.25, 0.3) is 0 Å². The molecule has 1 rings (SSSR count). The first-order valence-corrected chi connectivity index (χ1v) is 4.84. The molecule has 5 heteroatoms. The van der Waals surface area contributed by atoms with Crippen molar-refractivity contribution in [2.24, 2.45) is 0 Å². The van der Waals surface area contributed by atoms with Gasteiger partial charge >= 0.3 is 5.97 Å². The maximum atomic E-state index is 10.4. The molecule has 1 heterocycles. The molecule has 1 aromatic rings. The predicted molar refractivity (Wildman–Crippen MR) is 53.6 cm³/mol. The van der Waals surface area contributed by atoms with Crippen molar-refractivity contribution in [3.05, 3.63) is 16.9 Å². The summed E-state index contributed by atoms with van der Waals surface area (Å²) in [5.41, 5.74) is 0.795. The Morgan fingerprint density at radius 2 is 2.36 bits per heavy atom. The molecule has 0 unspecified atom stereocenters. The summed E-state index contributed by atoms with van der Waals surface area (Å²) in [5.74, 6) is -0.822. The number of aromatic nitrogens is 2. The molecule has 0 fully saturated rings. The number of carboxylic acids is 1. The molecule has 0 aliphatic rings. The Hall–Kier alpha value is -1.03. The molecule has 14 heavy (non-hydrogen) atoms. The van der Waals surface area contributed by atoms with Crippen LogP contribution < -0.4 is 0 Å². The summed E-state index contributed by atoms with van der Waals surface area (Å²) in [6.07, 6.45) is 2.06. The topological polar surface area (TPSA) is 55.1 Å². The highest BCUT2D eigenvalue weighted by Gasteiger charge is 2.12.